The Kier molecular flexibility index (Phi) is 8.50. The molecule has 4 aromatic rings. The molecule has 0 aliphatic rings. The van der Waals surface area contributed by atoms with E-state index in [1.54, 1.807) is 6.07 Å². The molecule has 38 heavy (non-hydrogen) atoms. The minimum atomic E-state index is -4.35. The molecule has 0 aliphatic heterocycles. The van der Waals surface area contributed by atoms with E-state index in [-0.39, 0.29) is 16.3 Å². The molecule has 0 saturated carbocycles. The number of benzene rings is 4. The summed E-state index contributed by atoms with van der Waals surface area (Å²) < 4.78 is 44.0. The van der Waals surface area contributed by atoms with E-state index >= 15 is 0 Å². The third-order valence-corrected chi connectivity index (χ3v) is 5.95. The highest BCUT2D eigenvalue weighted by atomic mass is 35.5. The van der Waals surface area contributed by atoms with Crippen LogP contribution in [0.1, 0.15) is 27.0 Å². The summed E-state index contributed by atoms with van der Waals surface area (Å²) in [5.41, 5.74) is 3.53. The van der Waals surface area contributed by atoms with E-state index in [1.807, 2.05) is 30.3 Å². The van der Waals surface area contributed by atoms with Crippen molar-refractivity contribution in [2.24, 2.45) is 5.10 Å². The second-order valence-electron chi connectivity index (χ2n) is 8.28. The van der Waals surface area contributed by atoms with Crippen molar-refractivity contribution in [2.45, 2.75) is 12.7 Å². The summed E-state index contributed by atoms with van der Waals surface area (Å²) in [6.07, 6.45) is -2.82. The van der Waals surface area contributed by atoms with Gasteiger partial charge in [0.25, 0.3) is 5.91 Å². The normalized spacial score (nSPS) is 11.7. The van der Waals surface area contributed by atoms with Crippen LogP contribution in [0.2, 0.25) is 5.02 Å². The van der Waals surface area contributed by atoms with Crippen LogP contribution in [0.25, 0.3) is 10.8 Å². The molecule has 0 unspecified atom stereocenters. The lowest BCUT2D eigenvalue weighted by molar-refractivity contribution is -0.137. The minimum Gasteiger partial charge on any atom is -0.506 e. The number of hydrogen-bond donors (Lipinski definition) is 3. The van der Waals surface area contributed by atoms with Gasteiger partial charge in [-0.2, -0.15) is 18.3 Å². The third kappa shape index (κ3) is 6.81. The zero-order valence-electron chi connectivity index (χ0n) is 19.9. The highest BCUT2D eigenvalue weighted by Gasteiger charge is 2.29. The molecule has 196 valence electrons. The van der Waals surface area contributed by atoms with Crippen molar-refractivity contribution in [3.05, 3.63) is 106 Å². The van der Waals surface area contributed by atoms with E-state index in [2.05, 4.69) is 15.8 Å². The van der Waals surface area contributed by atoms with Gasteiger partial charge in [0.05, 0.1) is 16.8 Å². The summed E-state index contributed by atoms with van der Waals surface area (Å²) in [6, 6.07) is 20.4. The van der Waals surface area contributed by atoms with Crippen LogP contribution in [-0.2, 0) is 12.7 Å². The minimum absolute atomic E-state index is 0.0676. The number of carbonyl (C=O) groups is 1. The number of ether oxygens (including phenoxy) is 1. The predicted octanol–water partition coefficient (Wildman–Crippen LogP) is 6.15. The number of hydrazone groups is 1. The molecule has 10 heteroatoms. The van der Waals surface area contributed by atoms with Gasteiger partial charge < -0.3 is 15.2 Å². The smallest absolute Gasteiger partial charge is 0.416 e. The molecule has 0 bridgehead atoms. The van der Waals surface area contributed by atoms with Crippen LogP contribution in [0.3, 0.4) is 0 Å². The predicted molar refractivity (Wildman–Crippen MR) is 141 cm³/mol. The Balaban J connectivity index is 1.33. The first-order chi connectivity index (χ1) is 18.2. The average Bonchev–Trinajstić information content (AvgIpc) is 2.90. The number of nitrogens with one attached hydrogen (secondary N) is 2. The second-order valence-corrected chi connectivity index (χ2v) is 8.69. The maximum Gasteiger partial charge on any atom is 0.416 e. The van der Waals surface area contributed by atoms with E-state index in [9.17, 15) is 23.1 Å². The number of fused-ring (bicyclic) bond motifs is 1. The molecule has 0 heterocycles. The second kappa shape index (κ2) is 12.0. The van der Waals surface area contributed by atoms with Crippen LogP contribution >= 0.6 is 11.6 Å². The summed E-state index contributed by atoms with van der Waals surface area (Å²) in [4.78, 5) is 12.3. The summed E-state index contributed by atoms with van der Waals surface area (Å²) in [5, 5.41) is 18.5. The van der Waals surface area contributed by atoms with Gasteiger partial charge in [0.2, 0.25) is 0 Å². The Morgan fingerprint density at radius 2 is 1.74 bits per heavy atom. The standard InChI is InChI=1S/C28H23ClF3N3O3/c29-24-15-19(7-11-25(24)36)27(37)35-34-17-20-8-12-26(23-4-2-1-3-22(20)23)38-14-13-33-16-18-5-9-21(10-6-18)28(30,31)32/h1-12,15,17,33,36H,13-14,16H2,(H,35,37)/b34-17+. The monoisotopic (exact) mass is 541 g/mol. The molecule has 0 spiro atoms. The Labute approximate surface area is 221 Å². The van der Waals surface area contributed by atoms with Crippen LogP contribution in [0, 0.1) is 0 Å². The number of carbonyl (C=O) groups excluding carboxylic acids is 1. The van der Waals surface area contributed by atoms with Crippen LogP contribution < -0.4 is 15.5 Å². The quantitative estimate of drug-likeness (QED) is 0.135. The fourth-order valence-electron chi connectivity index (χ4n) is 3.68. The van der Waals surface area contributed by atoms with Gasteiger partial charge in [0.1, 0.15) is 18.1 Å². The Morgan fingerprint density at radius 1 is 1.00 bits per heavy atom. The average molecular weight is 542 g/mol. The van der Waals surface area contributed by atoms with Gasteiger partial charge in [-0.15, -0.1) is 0 Å². The van der Waals surface area contributed by atoms with E-state index in [0.29, 0.717) is 25.4 Å². The molecule has 0 atom stereocenters. The fraction of sp³-hybridized carbons (Fsp3) is 0.143. The van der Waals surface area contributed by atoms with Crippen LogP contribution in [0.4, 0.5) is 13.2 Å². The van der Waals surface area contributed by atoms with Gasteiger partial charge in [0, 0.05) is 29.6 Å². The Hall–Kier alpha value is -4.08. The Bertz CT molecular complexity index is 1460. The summed E-state index contributed by atoms with van der Waals surface area (Å²) >= 11 is 5.85. The number of amides is 1. The van der Waals surface area contributed by atoms with Crippen molar-refractivity contribution in [1.82, 2.24) is 10.7 Å². The largest absolute Gasteiger partial charge is 0.506 e. The first-order valence-electron chi connectivity index (χ1n) is 11.6. The molecule has 0 aliphatic carbocycles. The molecule has 0 radical (unpaired) electrons. The third-order valence-electron chi connectivity index (χ3n) is 5.64. The van der Waals surface area contributed by atoms with Crippen molar-refractivity contribution >= 4 is 34.5 Å². The summed E-state index contributed by atoms with van der Waals surface area (Å²) in [6.45, 7) is 1.26. The van der Waals surface area contributed by atoms with Crippen molar-refractivity contribution < 1.29 is 27.8 Å². The number of halogens is 4. The lowest BCUT2D eigenvalue weighted by atomic mass is 10.0. The summed E-state index contributed by atoms with van der Waals surface area (Å²) in [7, 11) is 0. The van der Waals surface area contributed by atoms with Crippen molar-refractivity contribution in [1.29, 1.82) is 0 Å². The molecular weight excluding hydrogens is 519 g/mol. The maximum absolute atomic E-state index is 12.7. The molecule has 0 aromatic heterocycles. The number of hydrogen-bond acceptors (Lipinski definition) is 5. The van der Waals surface area contributed by atoms with Crippen molar-refractivity contribution in [2.75, 3.05) is 13.2 Å². The van der Waals surface area contributed by atoms with Gasteiger partial charge >= 0.3 is 6.18 Å². The van der Waals surface area contributed by atoms with Gasteiger partial charge in [-0.05, 0) is 53.4 Å². The van der Waals surface area contributed by atoms with Crippen LogP contribution in [0.5, 0.6) is 11.5 Å². The number of nitrogens with zero attached hydrogens (tertiary/aromatic N) is 1. The lowest BCUT2D eigenvalue weighted by Gasteiger charge is -2.12. The zero-order valence-corrected chi connectivity index (χ0v) is 20.7. The van der Waals surface area contributed by atoms with Crippen LogP contribution in [-0.4, -0.2) is 30.4 Å². The Morgan fingerprint density at radius 3 is 2.45 bits per heavy atom. The first-order valence-corrected chi connectivity index (χ1v) is 11.9. The molecule has 4 rings (SSSR count). The van der Waals surface area contributed by atoms with E-state index in [1.165, 1.54) is 36.5 Å². The fourth-order valence-corrected chi connectivity index (χ4v) is 3.86. The van der Waals surface area contributed by atoms with Gasteiger partial charge in [-0.25, -0.2) is 5.43 Å². The molecule has 4 aromatic carbocycles. The van der Waals surface area contributed by atoms with E-state index in [4.69, 9.17) is 16.3 Å². The molecule has 0 saturated heterocycles. The lowest BCUT2D eigenvalue weighted by Crippen LogP contribution is -2.20. The van der Waals surface area contributed by atoms with E-state index in [0.717, 1.165) is 34.0 Å². The topological polar surface area (TPSA) is 83.0 Å². The molecular formula is C28H23ClF3N3O3. The maximum atomic E-state index is 12.7. The highest BCUT2D eigenvalue weighted by Crippen LogP contribution is 2.29. The first kappa shape index (κ1) is 27.0. The van der Waals surface area contributed by atoms with E-state index < -0.39 is 17.6 Å². The zero-order chi connectivity index (χ0) is 27.1. The number of phenols is 1. The molecule has 1 amide bonds. The molecule has 3 N–H and O–H groups in total. The number of aromatic hydroxyl groups is 1. The van der Waals surface area contributed by atoms with Crippen molar-refractivity contribution in [3.8, 4) is 11.5 Å². The number of alkyl halides is 3. The summed E-state index contributed by atoms with van der Waals surface area (Å²) in [5.74, 6) is 0.0727. The van der Waals surface area contributed by atoms with Gasteiger partial charge in [0.15, 0.2) is 0 Å². The van der Waals surface area contributed by atoms with Gasteiger partial charge in [-0.1, -0.05) is 48.0 Å². The van der Waals surface area contributed by atoms with Crippen molar-refractivity contribution in [3.63, 3.8) is 0 Å². The van der Waals surface area contributed by atoms with Crippen LogP contribution in [0.15, 0.2) is 84.0 Å². The number of phenolic OH excluding ortho intramolecular Hbond substituents is 1. The number of rotatable bonds is 9. The highest BCUT2D eigenvalue weighted by molar-refractivity contribution is 6.32. The SMILES string of the molecule is O=C(N/N=C/c1ccc(OCCNCc2ccc(C(F)(F)F)cc2)c2ccccc12)c1ccc(O)c(Cl)c1. The van der Waals surface area contributed by atoms with Gasteiger partial charge in [-0.3, -0.25) is 4.79 Å². The molecule has 6 nitrogen and oxygen atoms in total. The molecule has 0 fully saturated rings.